The number of nitrogens with one attached hydrogen (secondary N) is 1. The molecule has 0 spiro atoms. The van der Waals surface area contributed by atoms with E-state index in [4.69, 9.17) is 9.15 Å². The number of nitrogens with zero attached hydrogens (tertiary/aromatic N) is 2. The first-order chi connectivity index (χ1) is 14.6. The molecule has 0 aliphatic rings. The van der Waals surface area contributed by atoms with E-state index in [2.05, 4.69) is 15.5 Å². The highest BCUT2D eigenvalue weighted by molar-refractivity contribution is 8.01. The number of para-hydroxylation sites is 1. The number of hydrogen-bond acceptors (Lipinski definition) is 8. The number of phenols is 1. The molecule has 0 aliphatic carbocycles. The summed E-state index contributed by atoms with van der Waals surface area (Å²) in [4.78, 5) is 16.6. The zero-order chi connectivity index (χ0) is 20.9. The topological polar surface area (TPSA) is 97.0 Å². The van der Waals surface area contributed by atoms with Crippen molar-refractivity contribution in [2.75, 3.05) is 6.61 Å². The number of aromatic nitrogens is 1. The standard InChI is InChI=1S/C21H17N3O4S2/c1-2-27-13-7-9-16-18(11-13)29-21(23-16)30-19-10-8-14(28-19)12-22-24-20(26)15-5-3-4-6-17(15)25/h3-12,25H,2H2,1H3,(H,24,26)/b22-12+. The van der Waals surface area contributed by atoms with Crippen LogP contribution in [0.2, 0.25) is 0 Å². The second kappa shape index (κ2) is 9.02. The molecular formula is C21H17N3O4S2. The Balaban J connectivity index is 1.39. The van der Waals surface area contributed by atoms with Gasteiger partial charge < -0.3 is 14.3 Å². The molecule has 30 heavy (non-hydrogen) atoms. The Hall–Kier alpha value is -3.30. The normalized spacial score (nSPS) is 11.2. The van der Waals surface area contributed by atoms with E-state index in [0.29, 0.717) is 17.5 Å². The molecule has 2 aromatic heterocycles. The number of aromatic hydroxyl groups is 1. The molecular weight excluding hydrogens is 422 g/mol. The van der Waals surface area contributed by atoms with Crippen molar-refractivity contribution >= 4 is 45.4 Å². The predicted octanol–water partition coefficient (Wildman–Crippen LogP) is 4.91. The van der Waals surface area contributed by atoms with Gasteiger partial charge in [0.05, 0.1) is 28.6 Å². The van der Waals surface area contributed by atoms with Gasteiger partial charge in [-0.05, 0) is 61.2 Å². The zero-order valence-electron chi connectivity index (χ0n) is 15.9. The molecule has 0 atom stereocenters. The first-order valence-corrected chi connectivity index (χ1v) is 10.7. The minimum atomic E-state index is -0.508. The molecule has 0 bridgehead atoms. The van der Waals surface area contributed by atoms with Gasteiger partial charge in [-0.25, -0.2) is 10.4 Å². The smallest absolute Gasteiger partial charge is 0.275 e. The third-order valence-electron chi connectivity index (χ3n) is 3.95. The van der Waals surface area contributed by atoms with Crippen molar-refractivity contribution in [2.24, 2.45) is 5.10 Å². The van der Waals surface area contributed by atoms with Crippen LogP contribution in [0.1, 0.15) is 23.0 Å². The molecule has 152 valence electrons. The zero-order valence-corrected chi connectivity index (χ0v) is 17.5. The van der Waals surface area contributed by atoms with Crippen LogP contribution in [-0.2, 0) is 0 Å². The summed E-state index contributed by atoms with van der Waals surface area (Å²) in [5.74, 6) is 0.694. The molecule has 0 unspecified atom stereocenters. The fraction of sp³-hybridized carbons (Fsp3) is 0.0952. The van der Waals surface area contributed by atoms with E-state index < -0.39 is 5.91 Å². The van der Waals surface area contributed by atoms with E-state index >= 15 is 0 Å². The summed E-state index contributed by atoms with van der Waals surface area (Å²) >= 11 is 2.97. The Kier molecular flexibility index (Phi) is 6.01. The van der Waals surface area contributed by atoms with Gasteiger partial charge in [-0.2, -0.15) is 5.10 Å². The fourth-order valence-electron chi connectivity index (χ4n) is 2.61. The predicted molar refractivity (Wildman–Crippen MR) is 117 cm³/mol. The van der Waals surface area contributed by atoms with E-state index in [0.717, 1.165) is 20.3 Å². The highest BCUT2D eigenvalue weighted by Crippen LogP contribution is 2.36. The second-order valence-corrected chi connectivity index (χ2v) is 8.30. The lowest BCUT2D eigenvalue weighted by atomic mass is 10.2. The number of thiazole rings is 1. The van der Waals surface area contributed by atoms with Crippen molar-refractivity contribution in [2.45, 2.75) is 16.4 Å². The third kappa shape index (κ3) is 4.64. The minimum absolute atomic E-state index is 0.105. The third-order valence-corrected chi connectivity index (χ3v) is 5.95. The lowest BCUT2D eigenvalue weighted by Crippen LogP contribution is -2.17. The average Bonchev–Trinajstić information content (AvgIpc) is 3.34. The van der Waals surface area contributed by atoms with Crippen LogP contribution in [0.3, 0.4) is 0 Å². The fourth-order valence-corrected chi connectivity index (χ4v) is 4.61. The van der Waals surface area contributed by atoms with Crippen LogP contribution in [0, 0.1) is 0 Å². The van der Waals surface area contributed by atoms with E-state index in [1.807, 2.05) is 31.2 Å². The van der Waals surface area contributed by atoms with Gasteiger partial charge in [0.2, 0.25) is 0 Å². The molecule has 1 amide bonds. The highest BCUT2D eigenvalue weighted by Gasteiger charge is 2.11. The number of fused-ring (bicyclic) bond motifs is 1. The van der Waals surface area contributed by atoms with E-state index in [1.165, 1.54) is 30.1 Å². The first kappa shape index (κ1) is 20.0. The van der Waals surface area contributed by atoms with Gasteiger partial charge in [-0.3, -0.25) is 4.79 Å². The Morgan fingerprint density at radius 1 is 1.30 bits per heavy atom. The quantitative estimate of drug-likeness (QED) is 0.314. The van der Waals surface area contributed by atoms with Crippen molar-refractivity contribution in [1.82, 2.24) is 10.4 Å². The molecule has 2 N–H and O–H groups in total. The number of furan rings is 1. The second-order valence-electron chi connectivity index (χ2n) is 6.02. The number of carbonyl (C=O) groups is 1. The number of ether oxygens (including phenoxy) is 1. The molecule has 2 aromatic carbocycles. The van der Waals surface area contributed by atoms with E-state index in [-0.39, 0.29) is 11.3 Å². The van der Waals surface area contributed by atoms with Gasteiger partial charge in [0.15, 0.2) is 9.43 Å². The van der Waals surface area contributed by atoms with Crippen molar-refractivity contribution in [3.63, 3.8) is 0 Å². The van der Waals surface area contributed by atoms with Crippen LogP contribution in [0.5, 0.6) is 11.5 Å². The monoisotopic (exact) mass is 439 g/mol. The van der Waals surface area contributed by atoms with Gasteiger partial charge in [0.1, 0.15) is 17.3 Å². The van der Waals surface area contributed by atoms with Crippen LogP contribution < -0.4 is 10.2 Å². The number of rotatable bonds is 7. The molecule has 0 aliphatic heterocycles. The first-order valence-electron chi connectivity index (χ1n) is 9.05. The average molecular weight is 440 g/mol. The van der Waals surface area contributed by atoms with Crippen LogP contribution in [0.25, 0.3) is 10.2 Å². The Bertz CT molecular complexity index is 1220. The van der Waals surface area contributed by atoms with Gasteiger partial charge in [0, 0.05) is 0 Å². The summed E-state index contributed by atoms with van der Waals surface area (Å²) in [6.07, 6.45) is 1.40. The lowest BCUT2D eigenvalue weighted by molar-refractivity contribution is 0.0952. The van der Waals surface area contributed by atoms with Crippen LogP contribution in [-0.4, -0.2) is 28.8 Å². The number of carbonyl (C=O) groups excluding carboxylic acids is 1. The lowest BCUT2D eigenvalue weighted by Gasteiger charge is -2.01. The van der Waals surface area contributed by atoms with Crippen LogP contribution in [0.4, 0.5) is 0 Å². The summed E-state index contributed by atoms with van der Waals surface area (Å²) in [5.41, 5.74) is 3.42. The molecule has 0 radical (unpaired) electrons. The maximum Gasteiger partial charge on any atom is 0.275 e. The summed E-state index contributed by atoms with van der Waals surface area (Å²) in [6, 6.07) is 15.6. The van der Waals surface area contributed by atoms with Crippen LogP contribution in [0.15, 0.2) is 73.5 Å². The van der Waals surface area contributed by atoms with Crippen molar-refractivity contribution in [3.8, 4) is 11.5 Å². The maximum atomic E-state index is 12.0. The van der Waals surface area contributed by atoms with E-state index in [9.17, 15) is 9.90 Å². The number of benzene rings is 2. The Morgan fingerprint density at radius 2 is 2.17 bits per heavy atom. The van der Waals surface area contributed by atoms with Crippen molar-refractivity contribution in [3.05, 3.63) is 65.9 Å². The molecule has 4 aromatic rings. The molecule has 0 saturated carbocycles. The molecule has 4 rings (SSSR count). The number of phenolic OH excluding ortho intramolecular Hbond substituents is 1. The summed E-state index contributed by atoms with van der Waals surface area (Å²) in [5, 5.41) is 14.2. The van der Waals surface area contributed by atoms with Gasteiger partial charge in [-0.1, -0.05) is 12.1 Å². The van der Waals surface area contributed by atoms with Gasteiger partial charge >= 0.3 is 0 Å². The summed E-state index contributed by atoms with van der Waals surface area (Å²) in [6.45, 7) is 2.57. The Labute approximate surface area is 180 Å². The summed E-state index contributed by atoms with van der Waals surface area (Å²) in [7, 11) is 0. The molecule has 2 heterocycles. The highest BCUT2D eigenvalue weighted by atomic mass is 32.2. The largest absolute Gasteiger partial charge is 0.507 e. The SMILES string of the molecule is CCOc1ccc2nc(Sc3ccc(/C=N/NC(=O)c4ccccc4O)o3)sc2c1. The van der Waals surface area contributed by atoms with Gasteiger partial charge in [-0.15, -0.1) is 11.3 Å². The minimum Gasteiger partial charge on any atom is -0.507 e. The molecule has 0 fully saturated rings. The van der Waals surface area contributed by atoms with Crippen molar-refractivity contribution in [1.29, 1.82) is 0 Å². The van der Waals surface area contributed by atoms with Crippen molar-refractivity contribution < 1.29 is 19.1 Å². The maximum absolute atomic E-state index is 12.0. The number of hydrogen-bond donors (Lipinski definition) is 2. The summed E-state index contributed by atoms with van der Waals surface area (Å²) < 4.78 is 13.1. The number of amides is 1. The molecule has 0 saturated heterocycles. The molecule has 7 nitrogen and oxygen atoms in total. The van der Waals surface area contributed by atoms with E-state index in [1.54, 1.807) is 29.5 Å². The van der Waals surface area contributed by atoms with Gasteiger partial charge in [0.25, 0.3) is 5.91 Å². The molecule has 9 heteroatoms. The number of hydrazone groups is 1. The van der Waals surface area contributed by atoms with Crippen LogP contribution >= 0.6 is 23.1 Å². The Morgan fingerprint density at radius 3 is 3.00 bits per heavy atom.